The van der Waals surface area contributed by atoms with Crippen molar-refractivity contribution in [1.29, 1.82) is 0 Å². The van der Waals surface area contributed by atoms with E-state index >= 15 is 0 Å². The highest BCUT2D eigenvalue weighted by Gasteiger charge is 2.26. The van der Waals surface area contributed by atoms with Crippen LogP contribution in [0.15, 0.2) is 41.0 Å². The first kappa shape index (κ1) is 24.6. The molecule has 2 rings (SSSR count). The molecule has 6 nitrogen and oxygen atoms in total. The molecule has 170 valence electrons. The van der Waals surface area contributed by atoms with Crippen molar-refractivity contribution in [3.05, 3.63) is 53.7 Å². The second kappa shape index (κ2) is 12.3. The maximum atomic E-state index is 13.4. The first-order chi connectivity index (χ1) is 14.8. The van der Waals surface area contributed by atoms with E-state index in [4.69, 9.17) is 4.42 Å². The molecule has 0 bridgehead atoms. The van der Waals surface area contributed by atoms with E-state index in [9.17, 15) is 9.59 Å². The maximum absolute atomic E-state index is 13.4. The third-order valence-electron chi connectivity index (χ3n) is 5.31. The highest BCUT2D eigenvalue weighted by atomic mass is 16.3. The second-order valence-electron chi connectivity index (χ2n) is 8.88. The summed E-state index contributed by atoms with van der Waals surface area (Å²) >= 11 is 0. The Morgan fingerprint density at radius 3 is 2.35 bits per heavy atom. The molecule has 0 saturated carbocycles. The zero-order chi connectivity index (χ0) is 22.8. The number of carbonyl (C=O) groups is 2. The fraction of sp³-hybridized carbons (Fsp3) is 0.560. The summed E-state index contributed by atoms with van der Waals surface area (Å²) in [4.78, 5) is 31.9. The fourth-order valence-corrected chi connectivity index (χ4v) is 3.36. The lowest BCUT2D eigenvalue weighted by atomic mass is 9.94. The average Bonchev–Trinajstić information content (AvgIpc) is 3.20. The number of nitrogens with one attached hydrogen (secondary N) is 1. The smallest absolute Gasteiger partial charge is 0.273 e. The number of nitrogens with zero attached hydrogens (tertiary/aromatic N) is 2. The number of hydrogen-bond donors (Lipinski definition) is 1. The Kier molecular flexibility index (Phi) is 9.76. The molecule has 2 aromatic rings. The third-order valence-corrected chi connectivity index (χ3v) is 5.31. The van der Waals surface area contributed by atoms with E-state index in [1.165, 1.54) is 6.26 Å². The van der Waals surface area contributed by atoms with Crippen molar-refractivity contribution in [2.45, 2.75) is 66.3 Å². The molecular weight excluding hydrogens is 390 g/mol. The quantitative estimate of drug-likeness (QED) is 0.516. The number of benzene rings is 1. The van der Waals surface area contributed by atoms with Crippen molar-refractivity contribution >= 4 is 11.8 Å². The van der Waals surface area contributed by atoms with Gasteiger partial charge in [0.05, 0.1) is 12.5 Å². The molecular formula is C25H37N3O3. The van der Waals surface area contributed by atoms with Crippen LogP contribution in [0.3, 0.4) is 0 Å². The topological polar surface area (TPSA) is 75.4 Å². The molecule has 0 aliphatic heterocycles. The van der Waals surface area contributed by atoms with E-state index < -0.39 is 0 Å². The summed E-state index contributed by atoms with van der Waals surface area (Å²) in [5.74, 6) is 0.988. The van der Waals surface area contributed by atoms with Gasteiger partial charge in [0, 0.05) is 13.1 Å². The number of aromatic nitrogens is 1. The van der Waals surface area contributed by atoms with Crippen LogP contribution in [0, 0.1) is 11.8 Å². The largest absolute Gasteiger partial charge is 0.446 e. The predicted octanol–water partition coefficient (Wildman–Crippen LogP) is 5.02. The van der Waals surface area contributed by atoms with Gasteiger partial charge in [-0.25, -0.2) is 4.98 Å². The van der Waals surface area contributed by atoms with Gasteiger partial charge in [-0.1, -0.05) is 65.0 Å². The number of rotatable bonds is 12. The molecule has 0 aliphatic carbocycles. The molecule has 6 heteroatoms. The monoisotopic (exact) mass is 427 g/mol. The van der Waals surface area contributed by atoms with Crippen LogP contribution in [0.1, 0.15) is 81.7 Å². The van der Waals surface area contributed by atoms with Gasteiger partial charge in [0.25, 0.3) is 5.91 Å². The van der Waals surface area contributed by atoms with Crippen molar-refractivity contribution in [3.63, 3.8) is 0 Å². The van der Waals surface area contributed by atoms with Crippen LogP contribution in [0.2, 0.25) is 0 Å². The Balaban J connectivity index is 2.11. The van der Waals surface area contributed by atoms with Gasteiger partial charge in [-0.05, 0) is 36.7 Å². The minimum Gasteiger partial charge on any atom is -0.446 e. The van der Waals surface area contributed by atoms with E-state index in [2.05, 4.69) is 38.0 Å². The summed E-state index contributed by atoms with van der Waals surface area (Å²) < 4.78 is 5.55. The van der Waals surface area contributed by atoms with E-state index in [0.717, 1.165) is 24.8 Å². The Hall–Kier alpha value is -2.63. The summed E-state index contributed by atoms with van der Waals surface area (Å²) in [6, 6.07) is 9.87. The van der Waals surface area contributed by atoms with E-state index in [1.54, 1.807) is 0 Å². The van der Waals surface area contributed by atoms with Gasteiger partial charge in [-0.3, -0.25) is 9.59 Å². The summed E-state index contributed by atoms with van der Waals surface area (Å²) in [6.07, 6.45) is 3.89. The maximum Gasteiger partial charge on any atom is 0.273 e. The summed E-state index contributed by atoms with van der Waals surface area (Å²) in [7, 11) is 0. The second-order valence-corrected chi connectivity index (χ2v) is 8.88. The zero-order valence-corrected chi connectivity index (χ0v) is 19.6. The Morgan fingerprint density at radius 1 is 1.06 bits per heavy atom. The Morgan fingerprint density at radius 2 is 1.74 bits per heavy atom. The predicted molar refractivity (Wildman–Crippen MR) is 123 cm³/mol. The molecule has 31 heavy (non-hydrogen) atoms. The zero-order valence-electron chi connectivity index (χ0n) is 19.6. The Labute approximate surface area is 186 Å². The van der Waals surface area contributed by atoms with Gasteiger partial charge < -0.3 is 14.6 Å². The van der Waals surface area contributed by atoms with Crippen molar-refractivity contribution in [2.75, 3.05) is 13.1 Å². The van der Waals surface area contributed by atoms with Crippen molar-refractivity contribution < 1.29 is 14.0 Å². The lowest BCUT2D eigenvalue weighted by molar-refractivity contribution is -0.134. The first-order valence-corrected chi connectivity index (χ1v) is 11.4. The van der Waals surface area contributed by atoms with Crippen LogP contribution in [0.4, 0.5) is 0 Å². The van der Waals surface area contributed by atoms with E-state index in [-0.39, 0.29) is 30.0 Å². The summed E-state index contributed by atoms with van der Waals surface area (Å²) in [5.41, 5.74) is 1.27. The molecule has 2 amide bonds. The lowest BCUT2D eigenvalue weighted by Crippen LogP contribution is -2.36. The first-order valence-electron chi connectivity index (χ1n) is 11.4. The van der Waals surface area contributed by atoms with Crippen molar-refractivity contribution in [2.24, 2.45) is 11.8 Å². The van der Waals surface area contributed by atoms with Crippen molar-refractivity contribution in [1.82, 2.24) is 15.2 Å². The molecule has 1 heterocycles. The van der Waals surface area contributed by atoms with Gasteiger partial charge >= 0.3 is 0 Å². The molecule has 1 aromatic carbocycles. The van der Waals surface area contributed by atoms with Crippen LogP contribution >= 0.6 is 0 Å². The minimum absolute atomic E-state index is 0.0653. The van der Waals surface area contributed by atoms with Crippen LogP contribution in [-0.4, -0.2) is 34.8 Å². The highest BCUT2D eigenvalue weighted by Crippen LogP contribution is 2.23. The molecule has 0 fully saturated rings. The normalized spacial score (nSPS) is 12.2. The molecule has 0 saturated heterocycles. The lowest BCUT2D eigenvalue weighted by Gasteiger charge is -2.27. The summed E-state index contributed by atoms with van der Waals surface area (Å²) in [5, 5.41) is 2.87. The average molecular weight is 428 g/mol. The van der Waals surface area contributed by atoms with Crippen LogP contribution < -0.4 is 5.32 Å². The van der Waals surface area contributed by atoms with Gasteiger partial charge in [0.2, 0.25) is 11.8 Å². The van der Waals surface area contributed by atoms with E-state index in [0.29, 0.717) is 30.8 Å². The molecule has 1 aromatic heterocycles. The molecule has 0 aliphatic rings. The molecule has 1 atom stereocenters. The van der Waals surface area contributed by atoms with E-state index in [1.807, 2.05) is 42.2 Å². The molecule has 0 unspecified atom stereocenters. The van der Waals surface area contributed by atoms with Gasteiger partial charge in [0.15, 0.2) is 5.69 Å². The van der Waals surface area contributed by atoms with Crippen LogP contribution in [-0.2, 0) is 11.3 Å². The number of amides is 2. The van der Waals surface area contributed by atoms with Crippen LogP contribution in [0.5, 0.6) is 0 Å². The Bertz CT molecular complexity index is 814. The van der Waals surface area contributed by atoms with Gasteiger partial charge in [-0.15, -0.1) is 0 Å². The number of oxazole rings is 1. The van der Waals surface area contributed by atoms with Crippen LogP contribution in [0.25, 0.3) is 0 Å². The standard InChI is InChI=1S/C25H37N3O3/c1-6-21(20-10-8-7-9-11-20)25(30)28(15-13-19(4)5)16-23-27-22(17-31-23)24(29)26-14-12-18(2)3/h7-11,17-19,21H,6,12-16H2,1-5H3,(H,26,29)/t21-/m1/s1. The molecule has 1 N–H and O–H groups in total. The SMILES string of the molecule is CC[C@@H](C(=O)N(CCC(C)C)Cc1nc(C(=O)NCCC(C)C)co1)c1ccccc1. The van der Waals surface area contributed by atoms with Gasteiger partial charge in [0.1, 0.15) is 6.26 Å². The van der Waals surface area contributed by atoms with Crippen molar-refractivity contribution in [3.8, 4) is 0 Å². The molecule has 0 radical (unpaired) electrons. The fourth-order valence-electron chi connectivity index (χ4n) is 3.36. The van der Waals surface area contributed by atoms with Gasteiger partial charge in [-0.2, -0.15) is 0 Å². The number of hydrogen-bond acceptors (Lipinski definition) is 4. The third kappa shape index (κ3) is 7.85. The summed E-state index contributed by atoms with van der Waals surface area (Å²) in [6.45, 7) is 12.0. The molecule has 0 spiro atoms. The highest BCUT2D eigenvalue weighted by molar-refractivity contribution is 5.91. The number of carbonyl (C=O) groups excluding carboxylic acids is 2. The minimum atomic E-state index is -0.244.